The Balaban J connectivity index is 2.32. The van der Waals surface area contributed by atoms with Crippen LogP contribution < -0.4 is 5.32 Å². The molecule has 0 fully saturated rings. The van der Waals surface area contributed by atoms with Crippen LogP contribution in [0.15, 0.2) is 58.9 Å². The first-order chi connectivity index (χ1) is 8.20. The highest BCUT2D eigenvalue weighted by atomic mass is 15.0. The molecule has 2 rings (SSSR count). The van der Waals surface area contributed by atoms with Crippen molar-refractivity contribution < 1.29 is 0 Å². The lowest BCUT2D eigenvalue weighted by Gasteiger charge is -2.21. The Hall–Kier alpha value is -1.83. The summed E-state index contributed by atoms with van der Waals surface area (Å²) >= 11 is 0. The molecular weight excluding hydrogens is 208 g/mol. The van der Waals surface area contributed by atoms with Gasteiger partial charge in [0.25, 0.3) is 0 Å². The summed E-state index contributed by atoms with van der Waals surface area (Å²) in [7, 11) is 0. The molecule has 0 atom stereocenters. The SMILES string of the molecule is C=C1NC(C)=NC(Cc2ccccc2)=C1CC. The van der Waals surface area contributed by atoms with Crippen LogP contribution in [0.5, 0.6) is 0 Å². The zero-order valence-corrected chi connectivity index (χ0v) is 10.5. The number of nitrogens with zero attached hydrogens (tertiary/aromatic N) is 1. The summed E-state index contributed by atoms with van der Waals surface area (Å²) in [5.41, 5.74) is 4.66. The third-order valence-electron chi connectivity index (χ3n) is 2.92. The molecule has 0 aliphatic carbocycles. The smallest absolute Gasteiger partial charge is 0.103 e. The Morgan fingerprint density at radius 3 is 2.59 bits per heavy atom. The Morgan fingerprint density at radius 2 is 1.94 bits per heavy atom. The number of nitrogens with one attached hydrogen (secondary N) is 1. The zero-order chi connectivity index (χ0) is 12.3. The maximum absolute atomic E-state index is 4.60. The van der Waals surface area contributed by atoms with Crippen LogP contribution in [-0.4, -0.2) is 5.84 Å². The highest BCUT2D eigenvalue weighted by Crippen LogP contribution is 2.23. The molecule has 0 bridgehead atoms. The number of allylic oxidation sites excluding steroid dienone is 2. The standard InChI is InChI=1S/C15H18N2/c1-4-14-11(2)16-12(3)17-15(14)10-13-8-6-5-7-9-13/h5-9H,2,4,10H2,1,3H3,(H,16,17). The molecule has 1 aromatic carbocycles. The number of benzene rings is 1. The summed E-state index contributed by atoms with van der Waals surface area (Å²) in [4.78, 5) is 4.60. The summed E-state index contributed by atoms with van der Waals surface area (Å²) in [6, 6.07) is 10.4. The highest BCUT2D eigenvalue weighted by molar-refractivity contribution is 5.84. The fourth-order valence-corrected chi connectivity index (χ4v) is 2.12. The van der Waals surface area contributed by atoms with Crippen LogP contribution >= 0.6 is 0 Å². The molecule has 88 valence electrons. The van der Waals surface area contributed by atoms with Crippen molar-refractivity contribution in [2.75, 3.05) is 0 Å². The van der Waals surface area contributed by atoms with Gasteiger partial charge in [-0.15, -0.1) is 0 Å². The zero-order valence-electron chi connectivity index (χ0n) is 10.5. The fraction of sp³-hybridized carbons (Fsp3) is 0.267. The third kappa shape index (κ3) is 2.64. The first-order valence-corrected chi connectivity index (χ1v) is 5.98. The lowest BCUT2D eigenvalue weighted by molar-refractivity contribution is 0.921. The Bertz CT molecular complexity index is 481. The maximum atomic E-state index is 4.60. The first-order valence-electron chi connectivity index (χ1n) is 5.98. The van der Waals surface area contributed by atoms with Crippen molar-refractivity contribution in [1.29, 1.82) is 0 Å². The van der Waals surface area contributed by atoms with Crippen molar-refractivity contribution in [3.8, 4) is 0 Å². The number of rotatable bonds is 3. The summed E-state index contributed by atoms with van der Waals surface area (Å²) in [5.74, 6) is 0.929. The van der Waals surface area contributed by atoms with Gasteiger partial charge in [0, 0.05) is 12.1 Å². The van der Waals surface area contributed by atoms with Crippen LogP contribution in [-0.2, 0) is 6.42 Å². The monoisotopic (exact) mass is 226 g/mol. The Morgan fingerprint density at radius 1 is 1.24 bits per heavy atom. The van der Waals surface area contributed by atoms with Crippen LogP contribution in [0, 0.1) is 0 Å². The molecular formula is C15H18N2. The minimum Gasteiger partial charge on any atom is -0.344 e. The van der Waals surface area contributed by atoms with Gasteiger partial charge in [-0.3, -0.25) is 0 Å². The Labute approximate surface area is 103 Å². The van der Waals surface area contributed by atoms with E-state index in [-0.39, 0.29) is 0 Å². The highest BCUT2D eigenvalue weighted by Gasteiger charge is 2.14. The minimum atomic E-state index is 0.877. The van der Waals surface area contributed by atoms with E-state index >= 15 is 0 Å². The quantitative estimate of drug-likeness (QED) is 0.839. The van der Waals surface area contributed by atoms with Gasteiger partial charge in [0.2, 0.25) is 0 Å². The van der Waals surface area contributed by atoms with Crippen molar-refractivity contribution in [3.05, 3.63) is 59.4 Å². The van der Waals surface area contributed by atoms with E-state index in [0.717, 1.165) is 30.1 Å². The Kier molecular flexibility index (Phi) is 3.43. The summed E-state index contributed by atoms with van der Waals surface area (Å²) in [5, 5.41) is 3.19. The molecule has 0 amide bonds. The van der Waals surface area contributed by atoms with Gasteiger partial charge < -0.3 is 5.32 Å². The molecule has 1 aliphatic rings. The van der Waals surface area contributed by atoms with E-state index in [0.29, 0.717) is 0 Å². The van der Waals surface area contributed by atoms with E-state index in [1.807, 2.05) is 13.0 Å². The van der Waals surface area contributed by atoms with E-state index in [1.54, 1.807) is 0 Å². The second kappa shape index (κ2) is 5.00. The molecule has 0 radical (unpaired) electrons. The molecule has 0 spiro atoms. The van der Waals surface area contributed by atoms with E-state index in [9.17, 15) is 0 Å². The van der Waals surface area contributed by atoms with Gasteiger partial charge in [-0.1, -0.05) is 43.8 Å². The lowest BCUT2D eigenvalue weighted by atomic mass is 10.0. The predicted octanol–water partition coefficient (Wildman–Crippen LogP) is 3.43. The van der Waals surface area contributed by atoms with Crippen LogP contribution in [0.4, 0.5) is 0 Å². The molecule has 1 aromatic rings. The average molecular weight is 226 g/mol. The summed E-state index contributed by atoms with van der Waals surface area (Å²) in [6.45, 7) is 8.18. The molecule has 0 unspecified atom stereocenters. The second-order valence-electron chi connectivity index (χ2n) is 4.24. The van der Waals surface area contributed by atoms with Crippen molar-refractivity contribution in [3.63, 3.8) is 0 Å². The predicted molar refractivity (Wildman–Crippen MR) is 72.8 cm³/mol. The molecule has 1 N–H and O–H groups in total. The van der Waals surface area contributed by atoms with Crippen LogP contribution in [0.3, 0.4) is 0 Å². The molecule has 0 saturated heterocycles. The van der Waals surface area contributed by atoms with Crippen molar-refractivity contribution in [1.82, 2.24) is 5.32 Å². The minimum absolute atomic E-state index is 0.877. The van der Waals surface area contributed by atoms with Gasteiger partial charge in [0.1, 0.15) is 5.84 Å². The van der Waals surface area contributed by atoms with E-state index in [4.69, 9.17) is 0 Å². The number of amidine groups is 1. The molecule has 0 aromatic heterocycles. The lowest BCUT2D eigenvalue weighted by Crippen LogP contribution is -2.25. The summed E-state index contributed by atoms with van der Waals surface area (Å²) in [6.07, 6.45) is 1.84. The van der Waals surface area contributed by atoms with Crippen LogP contribution in [0.1, 0.15) is 25.8 Å². The maximum Gasteiger partial charge on any atom is 0.103 e. The van der Waals surface area contributed by atoms with Gasteiger partial charge in [0.15, 0.2) is 0 Å². The average Bonchev–Trinajstić information content (AvgIpc) is 2.30. The summed E-state index contributed by atoms with van der Waals surface area (Å²) < 4.78 is 0. The van der Waals surface area contributed by atoms with Crippen LogP contribution in [0.25, 0.3) is 0 Å². The largest absolute Gasteiger partial charge is 0.344 e. The topological polar surface area (TPSA) is 24.4 Å². The van der Waals surface area contributed by atoms with Gasteiger partial charge in [-0.25, -0.2) is 4.99 Å². The first kappa shape index (κ1) is 11.6. The molecule has 17 heavy (non-hydrogen) atoms. The second-order valence-corrected chi connectivity index (χ2v) is 4.24. The number of hydrogen-bond acceptors (Lipinski definition) is 2. The van der Waals surface area contributed by atoms with Gasteiger partial charge in [0.05, 0.1) is 5.70 Å². The van der Waals surface area contributed by atoms with Gasteiger partial charge in [-0.05, 0) is 24.5 Å². The van der Waals surface area contributed by atoms with Crippen molar-refractivity contribution in [2.45, 2.75) is 26.7 Å². The van der Waals surface area contributed by atoms with Crippen molar-refractivity contribution >= 4 is 5.84 Å². The van der Waals surface area contributed by atoms with Gasteiger partial charge >= 0.3 is 0 Å². The number of aliphatic imine (C=N–C) groups is 1. The van der Waals surface area contributed by atoms with E-state index < -0.39 is 0 Å². The molecule has 2 nitrogen and oxygen atoms in total. The third-order valence-corrected chi connectivity index (χ3v) is 2.92. The normalized spacial score (nSPS) is 15.6. The van der Waals surface area contributed by atoms with Gasteiger partial charge in [-0.2, -0.15) is 0 Å². The molecule has 0 saturated carbocycles. The molecule has 2 heteroatoms. The fourth-order valence-electron chi connectivity index (χ4n) is 2.12. The van der Waals surface area contributed by atoms with Crippen LogP contribution in [0.2, 0.25) is 0 Å². The van der Waals surface area contributed by atoms with Crippen molar-refractivity contribution in [2.24, 2.45) is 4.99 Å². The molecule has 1 aliphatic heterocycles. The molecule has 1 heterocycles. The number of hydrogen-bond donors (Lipinski definition) is 1. The van der Waals surface area contributed by atoms with E-state index in [2.05, 4.69) is 48.1 Å². The van der Waals surface area contributed by atoms with E-state index in [1.165, 1.54) is 11.1 Å².